The molecular formula is C13H13NO4. The van der Waals surface area contributed by atoms with Crippen LogP contribution in [0.5, 0.6) is 0 Å². The summed E-state index contributed by atoms with van der Waals surface area (Å²) in [4.78, 5) is 10.6. The molecular weight excluding hydrogens is 234 g/mol. The summed E-state index contributed by atoms with van der Waals surface area (Å²) in [6.07, 6.45) is -3.29. The monoisotopic (exact) mass is 247 g/mol. The van der Waals surface area contributed by atoms with Gasteiger partial charge >= 0.3 is 5.97 Å². The Morgan fingerprint density at radius 2 is 1.67 bits per heavy atom. The van der Waals surface area contributed by atoms with E-state index >= 15 is 0 Å². The van der Waals surface area contributed by atoms with Gasteiger partial charge in [0.25, 0.3) is 0 Å². The summed E-state index contributed by atoms with van der Waals surface area (Å²) in [5.41, 5.74) is 6.62. The molecule has 0 amide bonds. The van der Waals surface area contributed by atoms with Crippen LogP contribution >= 0.6 is 0 Å². The predicted octanol–water partition coefficient (Wildman–Crippen LogP) is 0.901. The molecule has 5 heteroatoms. The minimum absolute atomic E-state index is 0.349. The lowest BCUT2D eigenvalue weighted by Gasteiger charge is -2.15. The molecule has 2 rings (SSSR count). The maximum atomic E-state index is 10.6. The first-order chi connectivity index (χ1) is 8.49. The second-order valence-electron chi connectivity index (χ2n) is 4.09. The van der Waals surface area contributed by atoms with Crippen molar-refractivity contribution in [1.82, 2.24) is 0 Å². The molecule has 2 atom stereocenters. The lowest BCUT2D eigenvalue weighted by atomic mass is 10.00. The zero-order chi connectivity index (χ0) is 13.3. The van der Waals surface area contributed by atoms with Crippen molar-refractivity contribution in [1.29, 1.82) is 0 Å². The molecule has 0 bridgehead atoms. The number of nitrogens with two attached hydrogens (primary N) is 1. The van der Waals surface area contributed by atoms with E-state index in [0.717, 1.165) is 10.8 Å². The molecule has 0 aliphatic heterocycles. The van der Waals surface area contributed by atoms with Gasteiger partial charge in [-0.1, -0.05) is 18.2 Å². The number of aliphatic carboxylic acids is 1. The normalized spacial score (nSPS) is 14.3. The first kappa shape index (κ1) is 12.3. The molecule has 18 heavy (non-hydrogen) atoms. The van der Waals surface area contributed by atoms with Gasteiger partial charge in [0.05, 0.1) is 0 Å². The Labute approximate surface area is 103 Å². The van der Waals surface area contributed by atoms with Crippen molar-refractivity contribution in [2.45, 2.75) is 12.2 Å². The molecule has 0 aliphatic rings. The van der Waals surface area contributed by atoms with Crippen LogP contribution in [0.15, 0.2) is 36.4 Å². The van der Waals surface area contributed by atoms with E-state index < -0.39 is 18.2 Å². The van der Waals surface area contributed by atoms with Crippen molar-refractivity contribution in [3.05, 3.63) is 42.0 Å². The Kier molecular flexibility index (Phi) is 3.18. The van der Waals surface area contributed by atoms with E-state index in [9.17, 15) is 15.0 Å². The van der Waals surface area contributed by atoms with E-state index in [1.807, 2.05) is 0 Å². The van der Waals surface area contributed by atoms with Crippen LogP contribution in [0, 0.1) is 0 Å². The Morgan fingerprint density at radius 3 is 2.33 bits per heavy atom. The third-order valence-electron chi connectivity index (χ3n) is 2.78. The molecule has 0 saturated heterocycles. The minimum Gasteiger partial charge on any atom is -0.479 e. The molecule has 0 fully saturated rings. The zero-order valence-corrected chi connectivity index (χ0v) is 9.45. The van der Waals surface area contributed by atoms with Gasteiger partial charge in [0.15, 0.2) is 6.10 Å². The molecule has 0 aromatic heterocycles. The number of fused-ring (bicyclic) bond motifs is 1. The Bertz CT molecular complexity index is 597. The highest BCUT2D eigenvalue weighted by atomic mass is 16.4. The van der Waals surface area contributed by atoms with Crippen LogP contribution in [-0.4, -0.2) is 27.4 Å². The number of rotatable bonds is 3. The van der Waals surface area contributed by atoms with Crippen LogP contribution in [0.1, 0.15) is 11.7 Å². The standard InChI is InChI=1S/C13H13NO4/c14-10-4-3-7-5-9(2-1-8(7)6-10)11(15)12(16)13(17)18/h1-6,11-12,15-16H,14H2,(H,17,18). The third kappa shape index (κ3) is 2.27. The topological polar surface area (TPSA) is 104 Å². The molecule has 2 aromatic carbocycles. The lowest BCUT2D eigenvalue weighted by Crippen LogP contribution is -2.27. The zero-order valence-electron chi connectivity index (χ0n) is 9.45. The number of nitrogen functional groups attached to an aromatic ring is 1. The summed E-state index contributed by atoms with van der Waals surface area (Å²) in [5, 5.41) is 29.4. The number of hydrogen-bond acceptors (Lipinski definition) is 4. The summed E-state index contributed by atoms with van der Waals surface area (Å²) in [5.74, 6) is -1.46. The summed E-state index contributed by atoms with van der Waals surface area (Å²) in [7, 11) is 0. The van der Waals surface area contributed by atoms with Gasteiger partial charge < -0.3 is 21.1 Å². The van der Waals surface area contributed by atoms with Gasteiger partial charge in [-0.2, -0.15) is 0 Å². The van der Waals surface area contributed by atoms with Gasteiger partial charge in [0.1, 0.15) is 6.10 Å². The van der Waals surface area contributed by atoms with Crippen LogP contribution in [0.25, 0.3) is 10.8 Å². The van der Waals surface area contributed by atoms with Gasteiger partial charge in [0, 0.05) is 5.69 Å². The highest BCUT2D eigenvalue weighted by Gasteiger charge is 2.25. The molecule has 0 aliphatic carbocycles. The third-order valence-corrected chi connectivity index (χ3v) is 2.78. The second-order valence-corrected chi connectivity index (χ2v) is 4.09. The Hall–Kier alpha value is -2.11. The van der Waals surface area contributed by atoms with Crippen molar-refractivity contribution in [3.63, 3.8) is 0 Å². The number of hydrogen-bond donors (Lipinski definition) is 4. The number of carboxylic acids is 1. The molecule has 94 valence electrons. The Morgan fingerprint density at radius 1 is 1.06 bits per heavy atom. The van der Waals surface area contributed by atoms with E-state index in [1.54, 1.807) is 36.4 Å². The second kappa shape index (κ2) is 4.64. The van der Waals surface area contributed by atoms with Crippen LogP contribution in [0.2, 0.25) is 0 Å². The lowest BCUT2D eigenvalue weighted by molar-refractivity contribution is -0.153. The summed E-state index contributed by atoms with van der Waals surface area (Å²) in [6.45, 7) is 0. The molecule has 0 radical (unpaired) electrons. The van der Waals surface area contributed by atoms with Crippen LogP contribution in [0.4, 0.5) is 5.69 Å². The van der Waals surface area contributed by atoms with Gasteiger partial charge in [-0.3, -0.25) is 0 Å². The first-order valence-corrected chi connectivity index (χ1v) is 5.37. The quantitative estimate of drug-likeness (QED) is 0.603. The molecule has 0 spiro atoms. The molecule has 0 saturated carbocycles. The van der Waals surface area contributed by atoms with Crippen molar-refractivity contribution < 1.29 is 20.1 Å². The van der Waals surface area contributed by atoms with E-state index in [4.69, 9.17) is 10.8 Å². The maximum Gasteiger partial charge on any atom is 0.335 e. The fraction of sp³-hybridized carbons (Fsp3) is 0.154. The smallest absolute Gasteiger partial charge is 0.335 e. The van der Waals surface area contributed by atoms with Crippen LogP contribution < -0.4 is 5.73 Å². The average Bonchev–Trinajstić information content (AvgIpc) is 2.36. The van der Waals surface area contributed by atoms with Gasteiger partial charge in [-0.25, -0.2) is 4.79 Å². The average molecular weight is 247 g/mol. The van der Waals surface area contributed by atoms with Gasteiger partial charge in [-0.05, 0) is 34.5 Å². The fourth-order valence-corrected chi connectivity index (χ4v) is 1.78. The largest absolute Gasteiger partial charge is 0.479 e. The summed E-state index contributed by atoms with van der Waals surface area (Å²) >= 11 is 0. The number of aliphatic hydroxyl groups excluding tert-OH is 2. The minimum atomic E-state index is -1.84. The number of carboxylic acid groups (broad SMARTS) is 1. The number of aliphatic hydroxyl groups is 2. The highest BCUT2D eigenvalue weighted by molar-refractivity contribution is 5.86. The molecule has 5 nitrogen and oxygen atoms in total. The summed E-state index contributed by atoms with van der Waals surface area (Å²) in [6, 6.07) is 10.2. The van der Waals surface area contributed by atoms with E-state index in [1.165, 1.54) is 0 Å². The van der Waals surface area contributed by atoms with Crippen molar-refractivity contribution in [3.8, 4) is 0 Å². The van der Waals surface area contributed by atoms with E-state index in [-0.39, 0.29) is 0 Å². The fourth-order valence-electron chi connectivity index (χ4n) is 1.78. The molecule has 5 N–H and O–H groups in total. The maximum absolute atomic E-state index is 10.6. The number of carbonyl (C=O) groups is 1. The van der Waals surface area contributed by atoms with Crippen molar-refractivity contribution in [2.24, 2.45) is 0 Å². The molecule has 2 aromatic rings. The van der Waals surface area contributed by atoms with Crippen molar-refractivity contribution >= 4 is 22.4 Å². The first-order valence-electron chi connectivity index (χ1n) is 5.37. The molecule has 0 heterocycles. The van der Waals surface area contributed by atoms with Gasteiger partial charge in [0.2, 0.25) is 0 Å². The summed E-state index contributed by atoms with van der Waals surface area (Å²) < 4.78 is 0. The number of benzene rings is 2. The highest BCUT2D eigenvalue weighted by Crippen LogP contribution is 2.24. The van der Waals surface area contributed by atoms with Gasteiger partial charge in [-0.15, -0.1) is 0 Å². The van der Waals surface area contributed by atoms with Crippen LogP contribution in [-0.2, 0) is 4.79 Å². The SMILES string of the molecule is Nc1ccc2cc(C(O)C(O)C(=O)O)ccc2c1. The van der Waals surface area contributed by atoms with Crippen molar-refractivity contribution in [2.75, 3.05) is 5.73 Å². The van der Waals surface area contributed by atoms with E-state index in [0.29, 0.717) is 11.3 Å². The van der Waals surface area contributed by atoms with E-state index in [2.05, 4.69) is 0 Å². The Balaban J connectivity index is 2.41. The predicted molar refractivity (Wildman–Crippen MR) is 67.0 cm³/mol. The van der Waals surface area contributed by atoms with Crippen LogP contribution in [0.3, 0.4) is 0 Å². The molecule has 2 unspecified atom stereocenters. The number of anilines is 1.